The molecule has 2 rings (SSSR count). The second-order valence-electron chi connectivity index (χ2n) is 6.24. The van der Waals surface area contributed by atoms with Crippen LogP contribution in [0.4, 0.5) is 20.2 Å². The Kier molecular flexibility index (Phi) is 8.60. The van der Waals surface area contributed by atoms with Gasteiger partial charge in [0.1, 0.15) is 5.56 Å². The van der Waals surface area contributed by atoms with Crippen molar-refractivity contribution in [1.82, 2.24) is 5.32 Å². The first-order valence-electron chi connectivity index (χ1n) is 9.34. The lowest BCUT2D eigenvalue weighted by molar-refractivity contribution is -0.385. The van der Waals surface area contributed by atoms with Gasteiger partial charge in [-0.1, -0.05) is 0 Å². The van der Waals surface area contributed by atoms with Crippen LogP contribution in [-0.2, 0) is 14.3 Å². The number of amides is 2. The van der Waals surface area contributed by atoms with Crippen molar-refractivity contribution in [2.75, 3.05) is 32.2 Å². The number of nitro groups is 1. The highest BCUT2D eigenvalue weighted by Gasteiger charge is 2.26. The summed E-state index contributed by atoms with van der Waals surface area (Å²) in [6.45, 7) is 0.445. The fourth-order valence-corrected chi connectivity index (χ4v) is 2.51. The third-order valence-corrected chi connectivity index (χ3v) is 3.98. The Bertz CT molecular complexity index is 1080. The molecule has 33 heavy (non-hydrogen) atoms. The molecule has 0 aliphatic carbocycles. The Morgan fingerprint density at radius 2 is 1.79 bits per heavy atom. The lowest BCUT2D eigenvalue weighted by Gasteiger charge is -2.12. The summed E-state index contributed by atoms with van der Waals surface area (Å²) in [6, 6.07) is 4.76. The lowest BCUT2D eigenvalue weighted by Crippen LogP contribution is -2.35. The molecule has 0 heterocycles. The first-order valence-corrected chi connectivity index (χ1v) is 9.34. The van der Waals surface area contributed by atoms with Crippen LogP contribution in [0.2, 0.25) is 0 Å². The number of rotatable bonds is 10. The topological polar surface area (TPSA) is 146 Å². The summed E-state index contributed by atoms with van der Waals surface area (Å²) in [7, 11) is 1.27. The molecule has 0 fully saturated rings. The largest absolute Gasteiger partial charge is 0.493 e. The van der Waals surface area contributed by atoms with Gasteiger partial charge in [-0.15, -0.1) is 0 Å². The maximum atomic E-state index is 13.1. The molecule has 0 saturated carbocycles. The van der Waals surface area contributed by atoms with E-state index >= 15 is 0 Å². The van der Waals surface area contributed by atoms with Crippen molar-refractivity contribution in [1.29, 1.82) is 0 Å². The molecule has 176 valence electrons. The molecule has 0 aromatic heterocycles. The molecule has 0 aliphatic heterocycles. The maximum Gasteiger partial charge on any atom is 0.345 e. The van der Waals surface area contributed by atoms with Gasteiger partial charge in [0.15, 0.2) is 29.7 Å². The minimum absolute atomic E-state index is 0.0310. The predicted molar refractivity (Wildman–Crippen MR) is 109 cm³/mol. The van der Waals surface area contributed by atoms with E-state index in [2.05, 4.69) is 10.6 Å². The van der Waals surface area contributed by atoms with Gasteiger partial charge in [0.25, 0.3) is 11.6 Å². The molecular formula is C20H19F2N3O8. The second-order valence-corrected chi connectivity index (χ2v) is 6.24. The third kappa shape index (κ3) is 6.85. The van der Waals surface area contributed by atoms with Gasteiger partial charge in [-0.3, -0.25) is 19.7 Å². The Hall–Kier alpha value is -4.29. The van der Waals surface area contributed by atoms with Gasteiger partial charge in [0, 0.05) is 17.8 Å². The van der Waals surface area contributed by atoms with Gasteiger partial charge in [-0.2, -0.15) is 0 Å². The molecule has 0 spiro atoms. The molecule has 2 aromatic carbocycles. The van der Waals surface area contributed by atoms with Crippen LogP contribution in [0.5, 0.6) is 11.5 Å². The number of ether oxygens (including phenoxy) is 3. The number of nitrogens with one attached hydrogen (secondary N) is 2. The van der Waals surface area contributed by atoms with Crippen LogP contribution in [-0.4, -0.2) is 49.6 Å². The molecule has 0 bridgehead atoms. The summed E-state index contributed by atoms with van der Waals surface area (Å²) >= 11 is 0. The average molecular weight is 467 g/mol. The van der Waals surface area contributed by atoms with Gasteiger partial charge in [-0.05, 0) is 19.1 Å². The average Bonchev–Trinajstić information content (AvgIpc) is 2.78. The number of nitrogens with zero attached hydrogens (tertiary/aromatic N) is 1. The van der Waals surface area contributed by atoms with E-state index in [4.69, 9.17) is 14.2 Å². The van der Waals surface area contributed by atoms with Crippen molar-refractivity contribution in [3.05, 3.63) is 57.6 Å². The molecule has 0 radical (unpaired) electrons. The Morgan fingerprint density at radius 3 is 2.39 bits per heavy atom. The lowest BCUT2D eigenvalue weighted by atomic mass is 10.1. The standard InChI is InChI=1S/C20H19F2N3O8/c1-3-32-17-7-12(15(25(29)30)8-16(17)31-2)20(28)33-10-19(27)23-9-18(26)24-11-4-5-13(21)14(22)6-11/h4-8H,3,9-10H2,1-2H3,(H,23,27)(H,24,26). The van der Waals surface area contributed by atoms with E-state index in [1.54, 1.807) is 6.92 Å². The number of nitro benzene ring substituents is 1. The first kappa shape index (κ1) is 25.0. The summed E-state index contributed by atoms with van der Waals surface area (Å²) in [4.78, 5) is 46.5. The van der Waals surface area contributed by atoms with Crippen LogP contribution in [0.3, 0.4) is 0 Å². The number of hydrogen-bond donors (Lipinski definition) is 2. The predicted octanol–water partition coefficient (Wildman–Crippen LogP) is 2.19. The normalized spacial score (nSPS) is 10.2. The summed E-state index contributed by atoms with van der Waals surface area (Å²) in [5.41, 5.74) is -1.11. The number of hydrogen-bond acceptors (Lipinski definition) is 8. The van der Waals surface area contributed by atoms with Gasteiger partial charge in [0.05, 0.1) is 31.3 Å². The zero-order valence-electron chi connectivity index (χ0n) is 17.5. The quantitative estimate of drug-likeness (QED) is 0.307. The summed E-state index contributed by atoms with van der Waals surface area (Å²) in [5.74, 6) is -4.97. The highest BCUT2D eigenvalue weighted by molar-refractivity contribution is 5.97. The number of carbonyl (C=O) groups is 3. The second kappa shape index (κ2) is 11.4. The van der Waals surface area contributed by atoms with Crippen molar-refractivity contribution in [2.24, 2.45) is 0 Å². The van der Waals surface area contributed by atoms with Crippen molar-refractivity contribution >= 4 is 29.2 Å². The number of anilines is 1. The van der Waals surface area contributed by atoms with E-state index in [9.17, 15) is 33.3 Å². The van der Waals surface area contributed by atoms with Crippen LogP contribution >= 0.6 is 0 Å². The summed E-state index contributed by atoms with van der Waals surface area (Å²) in [5, 5.41) is 15.7. The SMILES string of the molecule is CCOc1cc(C(=O)OCC(=O)NCC(=O)Nc2ccc(F)c(F)c2)c([N+](=O)[O-])cc1OC. The first-order chi connectivity index (χ1) is 15.7. The number of halogens is 2. The van der Waals surface area contributed by atoms with Crippen LogP contribution in [0.1, 0.15) is 17.3 Å². The zero-order valence-corrected chi connectivity index (χ0v) is 17.5. The van der Waals surface area contributed by atoms with Gasteiger partial charge < -0.3 is 24.8 Å². The highest BCUT2D eigenvalue weighted by atomic mass is 19.2. The van der Waals surface area contributed by atoms with E-state index in [1.165, 1.54) is 7.11 Å². The molecule has 2 N–H and O–H groups in total. The fraction of sp³-hybridized carbons (Fsp3) is 0.250. The Morgan fingerprint density at radius 1 is 1.06 bits per heavy atom. The Balaban J connectivity index is 1.96. The number of methoxy groups -OCH3 is 1. The fourth-order valence-electron chi connectivity index (χ4n) is 2.51. The molecule has 0 atom stereocenters. The molecule has 13 heteroatoms. The number of esters is 1. The number of benzene rings is 2. The molecule has 11 nitrogen and oxygen atoms in total. The molecule has 0 aliphatic rings. The van der Waals surface area contributed by atoms with E-state index in [0.717, 1.165) is 30.3 Å². The number of carbonyl (C=O) groups excluding carboxylic acids is 3. The van der Waals surface area contributed by atoms with Crippen molar-refractivity contribution in [3.63, 3.8) is 0 Å². The summed E-state index contributed by atoms with van der Waals surface area (Å²) in [6.07, 6.45) is 0. The molecule has 0 saturated heterocycles. The van der Waals surface area contributed by atoms with E-state index in [0.29, 0.717) is 0 Å². The van der Waals surface area contributed by atoms with Gasteiger partial charge in [-0.25, -0.2) is 13.6 Å². The van der Waals surface area contributed by atoms with E-state index in [1.807, 2.05) is 0 Å². The van der Waals surface area contributed by atoms with Crippen LogP contribution in [0.25, 0.3) is 0 Å². The Labute approximate surface area is 185 Å². The van der Waals surface area contributed by atoms with Crippen molar-refractivity contribution in [2.45, 2.75) is 6.92 Å². The summed E-state index contributed by atoms with van der Waals surface area (Å²) < 4.78 is 41.1. The van der Waals surface area contributed by atoms with Crippen LogP contribution < -0.4 is 20.1 Å². The van der Waals surface area contributed by atoms with E-state index < -0.39 is 58.7 Å². The molecule has 2 amide bonds. The van der Waals surface area contributed by atoms with Crippen LogP contribution in [0.15, 0.2) is 30.3 Å². The molecular weight excluding hydrogens is 448 g/mol. The smallest absolute Gasteiger partial charge is 0.345 e. The van der Waals surface area contributed by atoms with Gasteiger partial charge >= 0.3 is 5.97 Å². The van der Waals surface area contributed by atoms with Crippen molar-refractivity contribution < 1.29 is 42.3 Å². The molecule has 2 aromatic rings. The minimum Gasteiger partial charge on any atom is -0.493 e. The van der Waals surface area contributed by atoms with Crippen molar-refractivity contribution in [3.8, 4) is 11.5 Å². The van der Waals surface area contributed by atoms with Crippen LogP contribution in [0, 0.1) is 21.7 Å². The van der Waals surface area contributed by atoms with E-state index in [-0.39, 0.29) is 23.8 Å². The van der Waals surface area contributed by atoms with Gasteiger partial charge in [0.2, 0.25) is 5.91 Å². The minimum atomic E-state index is -1.17. The molecule has 0 unspecified atom stereocenters. The maximum absolute atomic E-state index is 13.1. The monoisotopic (exact) mass is 467 g/mol. The zero-order chi connectivity index (χ0) is 24.5. The highest BCUT2D eigenvalue weighted by Crippen LogP contribution is 2.35. The third-order valence-electron chi connectivity index (χ3n) is 3.98.